The van der Waals surface area contributed by atoms with Crippen LogP contribution in [0.1, 0.15) is 20.7 Å². The number of anilines is 1. The van der Waals surface area contributed by atoms with E-state index in [2.05, 4.69) is 15.4 Å². The molecule has 3 aromatic carbocycles. The fourth-order valence-corrected chi connectivity index (χ4v) is 4.37. The Morgan fingerprint density at radius 3 is 2.38 bits per heavy atom. The van der Waals surface area contributed by atoms with Gasteiger partial charge in [-0.3, -0.25) is 24.4 Å². The summed E-state index contributed by atoms with van der Waals surface area (Å²) < 4.78 is 32.5. The number of nitrogens with one attached hydrogen (secondary N) is 3. The van der Waals surface area contributed by atoms with Crippen LogP contribution >= 0.6 is 11.6 Å². The standard InChI is InChI=1S/C23H21ClN4O8S/c1-36-16-4-2-3-14(11-16)22(30)25-9-10-26-23(31)18-7-5-15(12-21(18)29)27-37(34,35)17-6-8-19(24)20(13-17)28(32)33/h2-8,11-13,27,29H,9-10H2,1H3,(H,25,30)(H,26,31). The van der Waals surface area contributed by atoms with Gasteiger partial charge in [0.05, 0.1) is 28.2 Å². The van der Waals surface area contributed by atoms with Gasteiger partial charge in [0.2, 0.25) is 0 Å². The van der Waals surface area contributed by atoms with Crippen LogP contribution in [0.5, 0.6) is 11.5 Å². The van der Waals surface area contributed by atoms with E-state index in [1.54, 1.807) is 24.3 Å². The SMILES string of the molecule is COc1cccc(C(=O)NCCNC(=O)c2ccc(NS(=O)(=O)c3ccc(Cl)c([N+](=O)[O-])c3)cc2O)c1. The first-order valence-electron chi connectivity index (χ1n) is 10.5. The predicted molar refractivity (Wildman–Crippen MR) is 135 cm³/mol. The lowest BCUT2D eigenvalue weighted by molar-refractivity contribution is -0.384. The summed E-state index contributed by atoms with van der Waals surface area (Å²) in [6, 6.07) is 13.0. The number of nitro benzene ring substituents is 1. The molecule has 0 spiro atoms. The van der Waals surface area contributed by atoms with E-state index in [1.807, 2.05) is 0 Å². The quantitative estimate of drug-likeness (QED) is 0.170. The summed E-state index contributed by atoms with van der Waals surface area (Å²) in [5.41, 5.74) is -0.421. The van der Waals surface area contributed by atoms with Gasteiger partial charge in [-0.2, -0.15) is 0 Å². The molecule has 4 N–H and O–H groups in total. The Labute approximate surface area is 216 Å². The molecule has 2 amide bonds. The van der Waals surface area contributed by atoms with Crippen molar-refractivity contribution >= 4 is 44.8 Å². The fourth-order valence-electron chi connectivity index (χ4n) is 3.11. The van der Waals surface area contributed by atoms with E-state index in [4.69, 9.17) is 16.3 Å². The number of hydrogen-bond acceptors (Lipinski definition) is 8. The zero-order valence-electron chi connectivity index (χ0n) is 19.2. The third kappa shape index (κ3) is 6.86. The Balaban J connectivity index is 1.59. The Bertz CT molecular complexity index is 1460. The first kappa shape index (κ1) is 27.2. The molecule has 0 aliphatic rings. The van der Waals surface area contributed by atoms with Crippen molar-refractivity contribution in [2.45, 2.75) is 4.90 Å². The maximum absolute atomic E-state index is 12.6. The molecule has 0 bridgehead atoms. The average Bonchev–Trinajstić information content (AvgIpc) is 2.86. The Kier molecular flexibility index (Phi) is 8.52. The fraction of sp³-hybridized carbons (Fsp3) is 0.130. The van der Waals surface area contributed by atoms with Gasteiger partial charge in [-0.25, -0.2) is 8.42 Å². The third-order valence-corrected chi connectivity index (χ3v) is 6.65. The van der Waals surface area contributed by atoms with Gasteiger partial charge in [0, 0.05) is 30.8 Å². The lowest BCUT2D eigenvalue weighted by Crippen LogP contribution is -2.34. The number of carbonyl (C=O) groups is 2. The Morgan fingerprint density at radius 1 is 1.03 bits per heavy atom. The second-order valence-electron chi connectivity index (χ2n) is 7.45. The lowest BCUT2D eigenvalue weighted by atomic mass is 10.1. The molecule has 0 aliphatic carbocycles. The molecule has 0 atom stereocenters. The van der Waals surface area contributed by atoms with Gasteiger partial charge in [0.15, 0.2) is 0 Å². The number of rotatable bonds is 10. The number of phenols is 1. The summed E-state index contributed by atoms with van der Waals surface area (Å²) >= 11 is 5.72. The molecule has 0 saturated heterocycles. The minimum absolute atomic E-state index is 0.0533. The summed E-state index contributed by atoms with van der Waals surface area (Å²) in [5, 5.41) is 26.2. The van der Waals surface area contributed by atoms with Crippen LogP contribution in [-0.4, -0.2) is 50.5 Å². The number of carbonyl (C=O) groups excluding carboxylic acids is 2. The minimum Gasteiger partial charge on any atom is -0.507 e. The molecule has 0 fully saturated rings. The highest BCUT2D eigenvalue weighted by Gasteiger charge is 2.21. The summed E-state index contributed by atoms with van der Waals surface area (Å²) in [5.74, 6) is -1.01. The van der Waals surface area contributed by atoms with Gasteiger partial charge in [0.1, 0.15) is 16.5 Å². The molecule has 3 rings (SSSR count). The highest BCUT2D eigenvalue weighted by molar-refractivity contribution is 7.92. The molecule has 0 radical (unpaired) electrons. The normalized spacial score (nSPS) is 10.9. The van der Waals surface area contributed by atoms with Crippen molar-refractivity contribution in [1.29, 1.82) is 0 Å². The molecule has 14 heteroatoms. The third-order valence-electron chi connectivity index (χ3n) is 4.95. The summed E-state index contributed by atoms with van der Waals surface area (Å²) in [7, 11) is -2.78. The first-order valence-corrected chi connectivity index (χ1v) is 12.4. The van der Waals surface area contributed by atoms with Crippen LogP contribution in [-0.2, 0) is 10.0 Å². The number of halogens is 1. The van der Waals surface area contributed by atoms with Crippen molar-refractivity contribution in [3.05, 3.63) is 86.9 Å². The highest BCUT2D eigenvalue weighted by Crippen LogP contribution is 2.29. The molecular formula is C23H21ClN4O8S. The molecule has 194 valence electrons. The molecule has 12 nitrogen and oxygen atoms in total. The van der Waals surface area contributed by atoms with Gasteiger partial charge < -0.3 is 20.5 Å². The zero-order valence-corrected chi connectivity index (χ0v) is 20.8. The van der Waals surface area contributed by atoms with Gasteiger partial charge >= 0.3 is 0 Å². The maximum Gasteiger partial charge on any atom is 0.289 e. The summed E-state index contributed by atoms with van der Waals surface area (Å²) in [6.45, 7) is 0.158. The topological polar surface area (TPSA) is 177 Å². The molecule has 37 heavy (non-hydrogen) atoms. The van der Waals surface area contributed by atoms with Crippen LogP contribution in [0.25, 0.3) is 0 Å². The van der Waals surface area contributed by atoms with Crippen LogP contribution in [0, 0.1) is 10.1 Å². The van der Waals surface area contributed by atoms with Crippen LogP contribution in [0.4, 0.5) is 11.4 Å². The Morgan fingerprint density at radius 2 is 1.73 bits per heavy atom. The van der Waals surface area contributed by atoms with Gasteiger partial charge in [-0.1, -0.05) is 17.7 Å². The van der Waals surface area contributed by atoms with Gasteiger partial charge in [-0.15, -0.1) is 0 Å². The number of aromatic hydroxyl groups is 1. The van der Waals surface area contributed by atoms with Crippen molar-refractivity contribution in [3.8, 4) is 11.5 Å². The lowest BCUT2D eigenvalue weighted by Gasteiger charge is -2.11. The van der Waals surface area contributed by atoms with Crippen molar-refractivity contribution in [1.82, 2.24) is 10.6 Å². The van der Waals surface area contributed by atoms with Crippen LogP contribution < -0.4 is 20.1 Å². The number of phenolic OH excluding ortho intramolecular Hbond substituents is 1. The number of amides is 2. The van der Waals surface area contributed by atoms with E-state index in [1.165, 1.54) is 19.2 Å². The van der Waals surface area contributed by atoms with Crippen LogP contribution in [0.2, 0.25) is 5.02 Å². The largest absolute Gasteiger partial charge is 0.507 e. The minimum atomic E-state index is -4.26. The molecule has 0 unspecified atom stereocenters. The monoisotopic (exact) mass is 548 g/mol. The number of hydrogen-bond donors (Lipinski definition) is 4. The van der Waals surface area contributed by atoms with Gasteiger partial charge in [0.25, 0.3) is 27.5 Å². The van der Waals surface area contributed by atoms with Crippen LogP contribution in [0.15, 0.2) is 65.6 Å². The van der Waals surface area contributed by atoms with E-state index in [9.17, 15) is 33.2 Å². The van der Waals surface area contributed by atoms with Crippen molar-refractivity contribution in [2.75, 3.05) is 24.9 Å². The molecular weight excluding hydrogens is 528 g/mol. The maximum atomic E-state index is 12.6. The van der Waals surface area contributed by atoms with Crippen molar-refractivity contribution in [2.24, 2.45) is 0 Å². The van der Waals surface area contributed by atoms with E-state index in [0.717, 1.165) is 24.3 Å². The van der Waals surface area contributed by atoms with Crippen LogP contribution in [0.3, 0.4) is 0 Å². The first-order chi connectivity index (χ1) is 17.5. The molecule has 0 saturated carbocycles. The zero-order chi connectivity index (χ0) is 27.2. The number of ether oxygens (including phenoxy) is 1. The molecule has 3 aromatic rings. The van der Waals surface area contributed by atoms with E-state index in [0.29, 0.717) is 11.3 Å². The van der Waals surface area contributed by atoms with Crippen molar-refractivity contribution < 1.29 is 32.8 Å². The Hall–Kier alpha value is -4.36. The second kappa shape index (κ2) is 11.6. The molecule has 0 aromatic heterocycles. The smallest absolute Gasteiger partial charge is 0.289 e. The summed E-state index contributed by atoms with van der Waals surface area (Å²) in [6.07, 6.45) is 0. The molecule has 0 heterocycles. The number of benzene rings is 3. The number of sulfonamides is 1. The number of nitro groups is 1. The number of nitrogens with zero attached hydrogens (tertiary/aromatic N) is 1. The molecule has 0 aliphatic heterocycles. The van der Waals surface area contributed by atoms with E-state index < -0.39 is 37.2 Å². The average molecular weight is 549 g/mol. The number of methoxy groups -OCH3 is 1. The van der Waals surface area contributed by atoms with E-state index >= 15 is 0 Å². The second-order valence-corrected chi connectivity index (χ2v) is 9.54. The summed E-state index contributed by atoms with van der Waals surface area (Å²) in [4.78, 5) is 34.4. The highest BCUT2D eigenvalue weighted by atomic mass is 35.5. The predicted octanol–water partition coefficient (Wildman–Crippen LogP) is 2.92. The van der Waals surface area contributed by atoms with Gasteiger partial charge in [-0.05, 0) is 42.5 Å². The van der Waals surface area contributed by atoms with E-state index in [-0.39, 0.29) is 35.3 Å². The van der Waals surface area contributed by atoms with Crippen molar-refractivity contribution in [3.63, 3.8) is 0 Å².